The first-order valence-corrected chi connectivity index (χ1v) is 8.83. The van der Waals surface area contributed by atoms with E-state index in [1.54, 1.807) is 0 Å². The van der Waals surface area contributed by atoms with E-state index in [0.29, 0.717) is 13.1 Å². The van der Waals surface area contributed by atoms with Gasteiger partial charge in [0.15, 0.2) is 0 Å². The smallest absolute Gasteiger partial charge is 0.265 e. The largest absolute Gasteiger partial charge is 0.284 e. The second-order valence-corrected chi connectivity index (χ2v) is 6.52. The molecule has 0 heterocycles. The van der Waals surface area contributed by atoms with Gasteiger partial charge in [-0.05, 0) is 42.2 Å². The Kier molecular flexibility index (Phi) is 5.82. The molecule has 0 bridgehead atoms. The highest BCUT2D eigenvalue weighted by Gasteiger charge is 2.15. The number of aryl methyl sites for hydroxylation is 1. The van der Waals surface area contributed by atoms with Gasteiger partial charge in [0.25, 0.3) is 5.91 Å². The summed E-state index contributed by atoms with van der Waals surface area (Å²) in [6.07, 6.45) is 0. The van der Waals surface area contributed by atoms with Crippen molar-refractivity contribution in [2.75, 3.05) is 0 Å². The molecule has 132 valence electrons. The zero-order valence-corrected chi connectivity index (χ0v) is 15.3. The molecule has 0 fully saturated rings. The van der Waals surface area contributed by atoms with Gasteiger partial charge in [-0.1, -0.05) is 72.8 Å². The van der Waals surface area contributed by atoms with Crippen LogP contribution in [0.25, 0.3) is 0 Å². The minimum absolute atomic E-state index is 0.0712. The van der Waals surface area contributed by atoms with Crippen LogP contribution >= 0.6 is 0 Å². The molecule has 26 heavy (non-hydrogen) atoms. The Balaban J connectivity index is 1.80. The molecule has 0 saturated carbocycles. The first-order valence-electron chi connectivity index (χ1n) is 8.83. The summed E-state index contributed by atoms with van der Waals surface area (Å²) in [7, 11) is 0. The van der Waals surface area contributed by atoms with E-state index in [-0.39, 0.29) is 5.91 Å². The van der Waals surface area contributed by atoms with Gasteiger partial charge in [0.1, 0.15) is 0 Å². The molecular formula is C23H24N2O. The van der Waals surface area contributed by atoms with Crippen LogP contribution in [0.5, 0.6) is 0 Å². The Labute approximate surface area is 155 Å². The number of hydrogen-bond donors (Lipinski definition) is 1. The third kappa shape index (κ3) is 4.58. The normalized spacial score (nSPS) is 10.7. The molecule has 0 aliphatic heterocycles. The average molecular weight is 344 g/mol. The predicted molar refractivity (Wildman–Crippen MR) is 106 cm³/mol. The van der Waals surface area contributed by atoms with Crippen LogP contribution in [0.15, 0.2) is 78.9 Å². The Bertz CT molecular complexity index is 818. The number of hydrazine groups is 1. The minimum Gasteiger partial charge on any atom is -0.284 e. The molecule has 0 radical (unpaired) electrons. The Morgan fingerprint density at radius 3 is 1.85 bits per heavy atom. The van der Waals surface area contributed by atoms with Gasteiger partial charge in [-0.25, -0.2) is 5.01 Å². The van der Waals surface area contributed by atoms with Gasteiger partial charge in [-0.15, -0.1) is 0 Å². The van der Waals surface area contributed by atoms with E-state index in [9.17, 15) is 4.79 Å². The Morgan fingerprint density at radius 2 is 1.31 bits per heavy atom. The summed E-state index contributed by atoms with van der Waals surface area (Å²) in [5, 5.41) is 1.97. The molecule has 3 aromatic carbocycles. The lowest BCUT2D eigenvalue weighted by atomic mass is 10.0. The average Bonchev–Trinajstić information content (AvgIpc) is 2.65. The number of nitrogens with one attached hydrogen (secondary N) is 1. The molecule has 1 N–H and O–H groups in total. The number of hydrogen-bond acceptors (Lipinski definition) is 2. The van der Waals surface area contributed by atoms with Gasteiger partial charge < -0.3 is 0 Å². The molecule has 1 amide bonds. The lowest BCUT2D eigenvalue weighted by Crippen LogP contribution is -2.41. The zero-order chi connectivity index (χ0) is 18.4. The van der Waals surface area contributed by atoms with Crippen molar-refractivity contribution in [1.82, 2.24) is 10.4 Å². The van der Waals surface area contributed by atoms with Crippen molar-refractivity contribution in [3.8, 4) is 0 Å². The fourth-order valence-electron chi connectivity index (χ4n) is 2.94. The van der Waals surface area contributed by atoms with Gasteiger partial charge in [0, 0.05) is 18.7 Å². The quantitative estimate of drug-likeness (QED) is 0.660. The van der Waals surface area contributed by atoms with Crippen molar-refractivity contribution in [1.29, 1.82) is 0 Å². The fourth-order valence-corrected chi connectivity index (χ4v) is 2.94. The van der Waals surface area contributed by atoms with Crippen LogP contribution in [-0.2, 0) is 13.1 Å². The van der Waals surface area contributed by atoms with E-state index in [4.69, 9.17) is 0 Å². The molecule has 0 unspecified atom stereocenters. The topological polar surface area (TPSA) is 32.3 Å². The first kappa shape index (κ1) is 17.9. The van der Waals surface area contributed by atoms with E-state index in [2.05, 4.69) is 29.7 Å². The number of benzene rings is 3. The molecule has 0 spiro atoms. The predicted octanol–water partition coefficient (Wildman–Crippen LogP) is 4.65. The van der Waals surface area contributed by atoms with Crippen molar-refractivity contribution in [2.24, 2.45) is 0 Å². The minimum atomic E-state index is -0.0712. The summed E-state index contributed by atoms with van der Waals surface area (Å²) in [6, 6.07) is 26.2. The van der Waals surface area contributed by atoms with Crippen molar-refractivity contribution in [3.05, 3.63) is 107 Å². The molecule has 0 aromatic heterocycles. The summed E-state index contributed by atoms with van der Waals surface area (Å²) >= 11 is 0. The van der Waals surface area contributed by atoms with Gasteiger partial charge in [0.2, 0.25) is 0 Å². The van der Waals surface area contributed by atoms with Crippen LogP contribution in [0.1, 0.15) is 32.6 Å². The highest BCUT2D eigenvalue weighted by atomic mass is 16.2. The monoisotopic (exact) mass is 344 g/mol. The summed E-state index contributed by atoms with van der Waals surface area (Å²) in [5.41, 5.74) is 8.26. The van der Waals surface area contributed by atoms with Crippen molar-refractivity contribution in [3.63, 3.8) is 0 Å². The molecule has 0 saturated heterocycles. The molecule has 3 rings (SSSR count). The van der Waals surface area contributed by atoms with Gasteiger partial charge in [-0.3, -0.25) is 10.2 Å². The van der Waals surface area contributed by atoms with Crippen LogP contribution in [0.2, 0.25) is 0 Å². The van der Waals surface area contributed by atoms with Gasteiger partial charge >= 0.3 is 0 Å². The molecule has 3 aromatic rings. The van der Waals surface area contributed by atoms with Crippen molar-refractivity contribution < 1.29 is 4.79 Å². The lowest BCUT2D eigenvalue weighted by molar-refractivity contribution is 0.0758. The zero-order valence-electron chi connectivity index (χ0n) is 15.3. The standard InChI is InChI=1S/C23H24N2O/c1-18-10-9-15-22(19(18)2)23(26)24-25(16-20-11-5-3-6-12-20)17-21-13-7-4-8-14-21/h3-15H,16-17H2,1-2H3,(H,24,26). The summed E-state index contributed by atoms with van der Waals surface area (Å²) in [6.45, 7) is 5.31. The molecular weight excluding hydrogens is 320 g/mol. The molecule has 3 heteroatoms. The second kappa shape index (κ2) is 8.45. The molecule has 0 aliphatic carbocycles. The van der Waals surface area contributed by atoms with E-state index in [0.717, 1.165) is 27.8 Å². The summed E-state index contributed by atoms with van der Waals surface area (Å²) in [5.74, 6) is -0.0712. The van der Waals surface area contributed by atoms with E-state index in [1.165, 1.54) is 0 Å². The first-order chi connectivity index (χ1) is 12.6. The number of carbonyl (C=O) groups is 1. The van der Waals surface area contributed by atoms with Gasteiger partial charge in [0.05, 0.1) is 0 Å². The van der Waals surface area contributed by atoms with Gasteiger partial charge in [-0.2, -0.15) is 0 Å². The maximum atomic E-state index is 12.9. The van der Waals surface area contributed by atoms with Crippen molar-refractivity contribution >= 4 is 5.91 Å². The SMILES string of the molecule is Cc1cccc(C(=O)NN(Cc2ccccc2)Cc2ccccc2)c1C. The summed E-state index contributed by atoms with van der Waals surface area (Å²) in [4.78, 5) is 12.9. The van der Waals surface area contributed by atoms with Crippen LogP contribution in [0.3, 0.4) is 0 Å². The molecule has 0 aliphatic rings. The maximum absolute atomic E-state index is 12.9. The lowest BCUT2D eigenvalue weighted by Gasteiger charge is -2.24. The highest BCUT2D eigenvalue weighted by Crippen LogP contribution is 2.14. The number of nitrogens with zero attached hydrogens (tertiary/aromatic N) is 1. The van der Waals surface area contributed by atoms with Crippen molar-refractivity contribution in [2.45, 2.75) is 26.9 Å². The van der Waals surface area contributed by atoms with Crippen LogP contribution in [0, 0.1) is 13.8 Å². The van der Waals surface area contributed by atoms with E-state index < -0.39 is 0 Å². The number of rotatable bonds is 6. The number of carbonyl (C=O) groups excluding carboxylic acids is 1. The van der Waals surface area contributed by atoms with Crippen LogP contribution in [0.4, 0.5) is 0 Å². The Morgan fingerprint density at radius 1 is 0.769 bits per heavy atom. The second-order valence-electron chi connectivity index (χ2n) is 6.52. The maximum Gasteiger partial charge on any atom is 0.265 e. The third-order valence-electron chi connectivity index (χ3n) is 4.54. The highest BCUT2D eigenvalue weighted by molar-refractivity contribution is 5.95. The summed E-state index contributed by atoms with van der Waals surface area (Å²) < 4.78 is 0. The van der Waals surface area contributed by atoms with E-state index in [1.807, 2.05) is 73.5 Å². The molecule has 0 atom stereocenters. The molecule has 3 nitrogen and oxygen atoms in total. The van der Waals surface area contributed by atoms with Crippen LogP contribution in [-0.4, -0.2) is 10.9 Å². The number of amides is 1. The third-order valence-corrected chi connectivity index (χ3v) is 4.54. The Hall–Kier alpha value is -2.91. The fraction of sp³-hybridized carbons (Fsp3) is 0.174. The van der Waals surface area contributed by atoms with E-state index >= 15 is 0 Å². The van der Waals surface area contributed by atoms with Crippen LogP contribution < -0.4 is 5.43 Å².